The highest BCUT2D eigenvalue weighted by Gasteiger charge is 2.28. The van der Waals surface area contributed by atoms with Gasteiger partial charge in [0.2, 0.25) is 5.91 Å². The SMILES string of the molecule is O=C(CCS/C=C\c1ccccc1)NC1c2ccccc2-c2ccccc21. The molecule has 0 fully saturated rings. The molecule has 0 aromatic heterocycles. The molecule has 0 radical (unpaired) electrons. The number of thioether (sulfide) groups is 1. The van der Waals surface area contributed by atoms with Crippen LogP contribution in [0.25, 0.3) is 17.2 Å². The summed E-state index contributed by atoms with van der Waals surface area (Å²) in [5, 5.41) is 5.28. The molecule has 0 saturated carbocycles. The van der Waals surface area contributed by atoms with E-state index in [1.807, 2.05) is 30.3 Å². The molecule has 0 heterocycles. The van der Waals surface area contributed by atoms with Gasteiger partial charge in [-0.15, -0.1) is 11.8 Å². The van der Waals surface area contributed by atoms with E-state index in [2.05, 4.69) is 65.3 Å². The second kappa shape index (κ2) is 8.28. The molecule has 0 spiro atoms. The summed E-state index contributed by atoms with van der Waals surface area (Å²) in [6.07, 6.45) is 2.58. The summed E-state index contributed by atoms with van der Waals surface area (Å²) in [5.74, 6) is 0.859. The minimum absolute atomic E-state index is 0.0465. The van der Waals surface area contributed by atoms with Crippen LogP contribution in [0.5, 0.6) is 0 Å². The maximum Gasteiger partial charge on any atom is 0.221 e. The summed E-state index contributed by atoms with van der Waals surface area (Å²) < 4.78 is 0. The fourth-order valence-electron chi connectivity index (χ4n) is 3.45. The maximum absolute atomic E-state index is 12.5. The lowest BCUT2D eigenvalue weighted by molar-refractivity contribution is -0.121. The molecule has 4 rings (SSSR count). The van der Waals surface area contributed by atoms with E-state index in [1.165, 1.54) is 27.8 Å². The first kappa shape index (κ1) is 17.6. The average molecular weight is 372 g/mol. The molecule has 1 N–H and O–H groups in total. The van der Waals surface area contributed by atoms with Crippen LogP contribution < -0.4 is 5.32 Å². The Morgan fingerprint density at radius 1 is 0.852 bits per heavy atom. The minimum Gasteiger partial charge on any atom is -0.345 e. The fourth-order valence-corrected chi connectivity index (χ4v) is 4.15. The topological polar surface area (TPSA) is 29.1 Å². The van der Waals surface area contributed by atoms with Crippen LogP contribution in [0.2, 0.25) is 0 Å². The van der Waals surface area contributed by atoms with Crippen molar-refractivity contribution in [3.8, 4) is 11.1 Å². The molecule has 1 amide bonds. The monoisotopic (exact) mass is 371 g/mol. The van der Waals surface area contributed by atoms with E-state index in [0.29, 0.717) is 6.42 Å². The van der Waals surface area contributed by atoms with Gasteiger partial charge in [0, 0.05) is 12.2 Å². The van der Waals surface area contributed by atoms with Gasteiger partial charge in [0.25, 0.3) is 0 Å². The van der Waals surface area contributed by atoms with Crippen molar-refractivity contribution in [2.24, 2.45) is 0 Å². The first-order valence-corrected chi connectivity index (χ1v) is 10.2. The minimum atomic E-state index is -0.0465. The number of carbonyl (C=O) groups excluding carboxylic acids is 1. The molecular weight excluding hydrogens is 350 g/mol. The Kier molecular flexibility index (Phi) is 5.40. The number of fused-ring (bicyclic) bond motifs is 3. The fraction of sp³-hybridized carbons (Fsp3) is 0.125. The van der Waals surface area contributed by atoms with Gasteiger partial charge in [-0.05, 0) is 39.3 Å². The molecule has 0 saturated heterocycles. The number of amides is 1. The lowest BCUT2D eigenvalue weighted by atomic mass is 10.1. The van der Waals surface area contributed by atoms with Crippen LogP contribution in [0.3, 0.4) is 0 Å². The van der Waals surface area contributed by atoms with Crippen LogP contribution in [0, 0.1) is 0 Å². The Hall–Kier alpha value is -2.78. The third-order valence-electron chi connectivity index (χ3n) is 4.74. The first-order valence-electron chi connectivity index (χ1n) is 9.14. The molecule has 0 atom stereocenters. The van der Waals surface area contributed by atoms with Gasteiger partial charge in [-0.25, -0.2) is 0 Å². The number of hydrogen-bond donors (Lipinski definition) is 1. The van der Waals surface area contributed by atoms with Gasteiger partial charge in [-0.3, -0.25) is 4.79 Å². The van der Waals surface area contributed by atoms with Crippen molar-refractivity contribution in [1.82, 2.24) is 5.32 Å². The summed E-state index contributed by atoms with van der Waals surface area (Å²) in [7, 11) is 0. The Balaban J connectivity index is 1.35. The zero-order valence-corrected chi connectivity index (χ0v) is 15.8. The highest BCUT2D eigenvalue weighted by atomic mass is 32.2. The van der Waals surface area contributed by atoms with Crippen molar-refractivity contribution in [2.45, 2.75) is 12.5 Å². The molecule has 0 unspecified atom stereocenters. The van der Waals surface area contributed by atoms with Crippen molar-refractivity contribution < 1.29 is 4.79 Å². The molecular formula is C24H21NOS. The standard InChI is InChI=1S/C24H21NOS/c26-23(15-17-27-16-14-18-8-2-1-3-9-18)25-24-21-12-6-4-10-19(21)20-11-5-7-13-22(20)24/h1-14,16,24H,15,17H2,(H,25,26)/b16-14-. The third-order valence-corrected chi connectivity index (χ3v) is 5.51. The van der Waals surface area contributed by atoms with E-state index in [4.69, 9.17) is 0 Å². The summed E-state index contributed by atoms with van der Waals surface area (Å²) in [6, 6.07) is 26.8. The molecule has 3 aromatic rings. The van der Waals surface area contributed by atoms with Crippen LogP contribution in [0.1, 0.15) is 29.2 Å². The molecule has 3 heteroatoms. The lowest BCUT2D eigenvalue weighted by Crippen LogP contribution is -2.28. The Morgan fingerprint density at radius 3 is 2.11 bits per heavy atom. The van der Waals surface area contributed by atoms with Crippen LogP contribution in [-0.2, 0) is 4.79 Å². The van der Waals surface area contributed by atoms with Crippen LogP contribution in [0.4, 0.5) is 0 Å². The highest BCUT2D eigenvalue weighted by Crippen LogP contribution is 2.42. The van der Waals surface area contributed by atoms with E-state index < -0.39 is 0 Å². The van der Waals surface area contributed by atoms with Gasteiger partial charge in [0.05, 0.1) is 6.04 Å². The van der Waals surface area contributed by atoms with Crippen molar-refractivity contribution in [3.63, 3.8) is 0 Å². The summed E-state index contributed by atoms with van der Waals surface area (Å²) in [5.41, 5.74) is 5.98. The molecule has 134 valence electrons. The maximum atomic E-state index is 12.5. The predicted molar refractivity (Wildman–Crippen MR) is 114 cm³/mol. The highest BCUT2D eigenvalue weighted by molar-refractivity contribution is 8.02. The van der Waals surface area contributed by atoms with Gasteiger partial charge in [0.15, 0.2) is 0 Å². The summed E-state index contributed by atoms with van der Waals surface area (Å²) >= 11 is 1.66. The summed E-state index contributed by atoms with van der Waals surface area (Å²) in [4.78, 5) is 12.5. The zero-order valence-electron chi connectivity index (χ0n) is 15.0. The van der Waals surface area contributed by atoms with E-state index >= 15 is 0 Å². The Morgan fingerprint density at radius 2 is 1.44 bits per heavy atom. The largest absolute Gasteiger partial charge is 0.345 e. The molecule has 1 aliphatic rings. The quantitative estimate of drug-likeness (QED) is 0.566. The van der Waals surface area contributed by atoms with Gasteiger partial charge < -0.3 is 5.32 Å². The van der Waals surface area contributed by atoms with Gasteiger partial charge in [0.1, 0.15) is 0 Å². The van der Waals surface area contributed by atoms with Gasteiger partial charge in [-0.1, -0.05) is 78.9 Å². The van der Waals surface area contributed by atoms with Crippen molar-refractivity contribution in [1.29, 1.82) is 0 Å². The Labute approximate surface area is 164 Å². The van der Waals surface area contributed by atoms with Crippen molar-refractivity contribution >= 4 is 23.7 Å². The first-order chi connectivity index (χ1) is 13.3. The zero-order chi connectivity index (χ0) is 18.5. The Bertz CT molecular complexity index is 919. The third kappa shape index (κ3) is 3.99. The van der Waals surface area contributed by atoms with E-state index in [-0.39, 0.29) is 11.9 Å². The number of hydrogen-bond acceptors (Lipinski definition) is 2. The van der Waals surface area contributed by atoms with E-state index in [1.54, 1.807) is 11.8 Å². The molecule has 1 aliphatic carbocycles. The summed E-state index contributed by atoms with van der Waals surface area (Å²) in [6.45, 7) is 0. The number of nitrogens with one attached hydrogen (secondary N) is 1. The van der Waals surface area contributed by atoms with E-state index in [0.717, 1.165) is 5.75 Å². The van der Waals surface area contributed by atoms with Crippen LogP contribution in [0.15, 0.2) is 84.3 Å². The normalized spacial score (nSPS) is 12.7. The van der Waals surface area contributed by atoms with Gasteiger partial charge >= 0.3 is 0 Å². The van der Waals surface area contributed by atoms with Crippen LogP contribution in [-0.4, -0.2) is 11.7 Å². The number of benzene rings is 3. The number of carbonyl (C=O) groups is 1. The second-order valence-electron chi connectivity index (χ2n) is 6.51. The lowest BCUT2D eigenvalue weighted by Gasteiger charge is -2.15. The van der Waals surface area contributed by atoms with Crippen molar-refractivity contribution in [3.05, 3.63) is 101 Å². The van der Waals surface area contributed by atoms with Crippen molar-refractivity contribution in [2.75, 3.05) is 5.75 Å². The molecule has 2 nitrogen and oxygen atoms in total. The molecule has 0 aliphatic heterocycles. The second-order valence-corrected chi connectivity index (χ2v) is 7.52. The smallest absolute Gasteiger partial charge is 0.221 e. The molecule has 0 bridgehead atoms. The number of rotatable bonds is 6. The predicted octanol–water partition coefficient (Wildman–Crippen LogP) is 5.67. The average Bonchev–Trinajstić information content (AvgIpc) is 3.03. The van der Waals surface area contributed by atoms with Crippen LogP contribution >= 0.6 is 11.8 Å². The molecule has 3 aromatic carbocycles. The van der Waals surface area contributed by atoms with E-state index in [9.17, 15) is 4.79 Å². The molecule has 27 heavy (non-hydrogen) atoms. The van der Waals surface area contributed by atoms with Gasteiger partial charge in [-0.2, -0.15) is 0 Å².